The van der Waals surface area contributed by atoms with Gasteiger partial charge in [-0.25, -0.2) is 8.42 Å². The van der Waals surface area contributed by atoms with Crippen LogP contribution in [0.25, 0.3) is 0 Å². The monoisotopic (exact) mass is 645 g/mol. The van der Waals surface area contributed by atoms with Crippen molar-refractivity contribution in [1.82, 2.24) is 10.2 Å². The van der Waals surface area contributed by atoms with Crippen LogP contribution >= 0.6 is 23.2 Å². The number of halogens is 2. The van der Waals surface area contributed by atoms with E-state index in [1.165, 1.54) is 24.1 Å². The van der Waals surface area contributed by atoms with Crippen molar-refractivity contribution >= 4 is 50.7 Å². The summed E-state index contributed by atoms with van der Waals surface area (Å²) in [6, 6.07) is 16.9. The lowest BCUT2D eigenvalue weighted by Crippen LogP contribution is -2.53. The summed E-state index contributed by atoms with van der Waals surface area (Å²) in [7, 11) is -2.66. The first kappa shape index (κ1) is 32.6. The molecule has 11 heteroatoms. The molecular formula is C32H37Cl2N3O5S. The molecule has 0 spiro atoms. The van der Waals surface area contributed by atoms with Crippen LogP contribution in [0.4, 0.5) is 5.69 Å². The maximum absolute atomic E-state index is 14.1. The van der Waals surface area contributed by atoms with E-state index in [9.17, 15) is 18.0 Å². The Labute approximate surface area is 264 Å². The summed E-state index contributed by atoms with van der Waals surface area (Å²) in [6.45, 7) is 2.94. The Hall–Kier alpha value is -3.27. The molecule has 1 fully saturated rings. The summed E-state index contributed by atoms with van der Waals surface area (Å²) >= 11 is 12.6. The number of sulfonamides is 1. The smallest absolute Gasteiger partial charge is 0.264 e. The van der Waals surface area contributed by atoms with Crippen molar-refractivity contribution < 1.29 is 22.7 Å². The Bertz CT molecular complexity index is 1530. The SMILES string of the molecule is COc1ccc(N(CC(=O)N(Cc2ccc(Cl)cc2Cl)[C@H](C)C(=O)NC2CCCCC2)S(=O)(=O)c2ccc(C)cc2)cc1. The zero-order valence-corrected chi connectivity index (χ0v) is 26.9. The predicted molar refractivity (Wildman–Crippen MR) is 170 cm³/mol. The highest BCUT2D eigenvalue weighted by atomic mass is 35.5. The molecule has 230 valence electrons. The van der Waals surface area contributed by atoms with E-state index in [1.54, 1.807) is 61.5 Å². The van der Waals surface area contributed by atoms with Crippen LogP contribution in [0.1, 0.15) is 50.2 Å². The number of carbonyl (C=O) groups is 2. The number of aryl methyl sites for hydroxylation is 1. The molecule has 0 radical (unpaired) electrons. The van der Waals surface area contributed by atoms with E-state index >= 15 is 0 Å². The van der Waals surface area contributed by atoms with E-state index < -0.39 is 28.5 Å². The van der Waals surface area contributed by atoms with Gasteiger partial charge >= 0.3 is 0 Å². The molecule has 43 heavy (non-hydrogen) atoms. The van der Waals surface area contributed by atoms with Crippen molar-refractivity contribution in [3.8, 4) is 5.75 Å². The molecule has 0 aliphatic heterocycles. The van der Waals surface area contributed by atoms with Crippen LogP contribution in [0.3, 0.4) is 0 Å². The number of ether oxygens (including phenoxy) is 1. The fraction of sp³-hybridized carbons (Fsp3) is 0.375. The van der Waals surface area contributed by atoms with Crippen LogP contribution in [0.15, 0.2) is 71.6 Å². The molecule has 3 aromatic rings. The number of nitrogens with one attached hydrogen (secondary N) is 1. The molecule has 3 aromatic carbocycles. The normalized spacial score (nSPS) is 14.5. The van der Waals surface area contributed by atoms with Crippen molar-refractivity contribution in [1.29, 1.82) is 0 Å². The third-order valence-electron chi connectivity index (χ3n) is 7.72. The van der Waals surface area contributed by atoms with Gasteiger partial charge in [0.1, 0.15) is 18.3 Å². The quantitative estimate of drug-likeness (QED) is 0.261. The summed E-state index contributed by atoms with van der Waals surface area (Å²) in [4.78, 5) is 29.0. The Morgan fingerprint density at radius 3 is 2.23 bits per heavy atom. The molecule has 1 N–H and O–H groups in total. The van der Waals surface area contributed by atoms with E-state index in [0.29, 0.717) is 21.4 Å². The Balaban J connectivity index is 1.70. The van der Waals surface area contributed by atoms with Gasteiger partial charge in [-0.05, 0) is 80.8 Å². The summed E-state index contributed by atoms with van der Waals surface area (Å²) in [6.07, 6.45) is 4.98. The number of carbonyl (C=O) groups excluding carboxylic acids is 2. The third kappa shape index (κ3) is 8.22. The van der Waals surface area contributed by atoms with E-state index in [1.807, 2.05) is 6.92 Å². The van der Waals surface area contributed by atoms with Gasteiger partial charge in [0.05, 0.1) is 17.7 Å². The van der Waals surface area contributed by atoms with Crippen molar-refractivity contribution in [2.75, 3.05) is 18.0 Å². The lowest BCUT2D eigenvalue weighted by Gasteiger charge is -2.33. The van der Waals surface area contributed by atoms with Crippen molar-refractivity contribution in [2.24, 2.45) is 0 Å². The molecule has 8 nitrogen and oxygen atoms in total. The predicted octanol–water partition coefficient (Wildman–Crippen LogP) is 6.37. The fourth-order valence-electron chi connectivity index (χ4n) is 5.10. The van der Waals surface area contributed by atoms with E-state index in [4.69, 9.17) is 27.9 Å². The summed E-state index contributed by atoms with van der Waals surface area (Å²) in [5, 5.41) is 3.86. The van der Waals surface area contributed by atoms with Gasteiger partial charge in [-0.1, -0.05) is 66.2 Å². The number of rotatable bonds is 11. The number of benzene rings is 3. The molecular weight excluding hydrogens is 609 g/mol. The number of anilines is 1. The van der Waals surface area contributed by atoms with Gasteiger partial charge in [0.2, 0.25) is 11.8 Å². The number of amides is 2. The van der Waals surface area contributed by atoms with Crippen molar-refractivity contribution in [2.45, 2.75) is 69.5 Å². The summed E-state index contributed by atoms with van der Waals surface area (Å²) < 4.78 is 34.3. The van der Waals surface area contributed by atoms with Crippen molar-refractivity contribution in [3.05, 3.63) is 87.9 Å². The molecule has 2 amide bonds. The molecule has 0 unspecified atom stereocenters. The zero-order valence-electron chi connectivity index (χ0n) is 24.6. The number of hydrogen-bond acceptors (Lipinski definition) is 5. The molecule has 0 aromatic heterocycles. The Morgan fingerprint density at radius 1 is 0.977 bits per heavy atom. The minimum atomic E-state index is -4.17. The van der Waals surface area contributed by atoms with Gasteiger partial charge < -0.3 is 15.0 Å². The molecule has 1 aliphatic rings. The minimum Gasteiger partial charge on any atom is -0.497 e. The van der Waals surface area contributed by atoms with Crippen LogP contribution in [-0.2, 0) is 26.2 Å². The van der Waals surface area contributed by atoms with Crippen LogP contribution in [0.5, 0.6) is 5.75 Å². The largest absolute Gasteiger partial charge is 0.497 e. The second-order valence-electron chi connectivity index (χ2n) is 10.8. The van der Waals surface area contributed by atoms with Gasteiger partial charge in [0.15, 0.2) is 0 Å². The second kappa shape index (κ2) is 14.5. The maximum Gasteiger partial charge on any atom is 0.264 e. The molecule has 4 rings (SSSR count). The number of nitrogens with zero attached hydrogens (tertiary/aromatic N) is 2. The Morgan fingerprint density at radius 2 is 1.63 bits per heavy atom. The van der Waals surface area contributed by atoms with Crippen LogP contribution in [0.2, 0.25) is 10.0 Å². The first-order valence-corrected chi connectivity index (χ1v) is 16.5. The third-order valence-corrected chi connectivity index (χ3v) is 10.1. The topological polar surface area (TPSA) is 96.0 Å². The summed E-state index contributed by atoms with van der Waals surface area (Å²) in [5.41, 5.74) is 1.75. The first-order valence-electron chi connectivity index (χ1n) is 14.3. The van der Waals surface area contributed by atoms with Gasteiger partial charge in [0, 0.05) is 22.6 Å². The lowest BCUT2D eigenvalue weighted by atomic mass is 9.95. The molecule has 1 saturated carbocycles. The van der Waals surface area contributed by atoms with Crippen molar-refractivity contribution in [3.63, 3.8) is 0 Å². The highest BCUT2D eigenvalue weighted by Crippen LogP contribution is 2.28. The Kier molecular flexibility index (Phi) is 11.0. The lowest BCUT2D eigenvalue weighted by molar-refractivity contribution is -0.139. The highest BCUT2D eigenvalue weighted by Gasteiger charge is 2.33. The fourth-order valence-corrected chi connectivity index (χ4v) is 6.98. The van der Waals surface area contributed by atoms with E-state index in [0.717, 1.165) is 42.0 Å². The molecule has 0 bridgehead atoms. The molecule has 1 aliphatic carbocycles. The average molecular weight is 647 g/mol. The molecule has 0 heterocycles. The van der Waals surface area contributed by atoms with Crippen LogP contribution < -0.4 is 14.4 Å². The van der Waals surface area contributed by atoms with Gasteiger partial charge in [-0.2, -0.15) is 0 Å². The molecule has 1 atom stereocenters. The minimum absolute atomic E-state index is 0.0187. The van der Waals surface area contributed by atoms with Gasteiger partial charge in [0.25, 0.3) is 10.0 Å². The zero-order chi connectivity index (χ0) is 31.1. The van der Waals surface area contributed by atoms with E-state index in [-0.39, 0.29) is 29.1 Å². The number of hydrogen-bond donors (Lipinski definition) is 1. The van der Waals surface area contributed by atoms with Crippen LogP contribution in [-0.4, -0.2) is 50.9 Å². The van der Waals surface area contributed by atoms with Gasteiger partial charge in [-0.3, -0.25) is 13.9 Å². The van der Waals surface area contributed by atoms with Gasteiger partial charge in [-0.15, -0.1) is 0 Å². The molecule has 0 saturated heterocycles. The maximum atomic E-state index is 14.1. The van der Waals surface area contributed by atoms with E-state index in [2.05, 4.69) is 5.32 Å². The first-order chi connectivity index (χ1) is 20.5. The standard InChI is InChI=1S/C32H37Cl2N3O5S/c1-22-9-17-29(18-10-22)43(40,41)37(27-13-15-28(42-3)16-14-27)21-31(38)36(20-24-11-12-25(33)19-30(24)34)23(2)32(39)35-26-7-5-4-6-8-26/h9-19,23,26H,4-8,20-21H2,1-3H3,(H,35,39)/t23-/m1/s1. The highest BCUT2D eigenvalue weighted by molar-refractivity contribution is 7.92. The number of methoxy groups -OCH3 is 1. The average Bonchev–Trinajstić information content (AvgIpc) is 2.99. The van der Waals surface area contributed by atoms with Crippen LogP contribution in [0, 0.1) is 6.92 Å². The second-order valence-corrected chi connectivity index (χ2v) is 13.5. The summed E-state index contributed by atoms with van der Waals surface area (Å²) in [5.74, 6) is -0.332.